The third kappa shape index (κ3) is 2.95. The number of nitrogens with zero attached hydrogens (tertiary/aromatic N) is 3. The van der Waals surface area contributed by atoms with Crippen molar-refractivity contribution in [2.45, 2.75) is 43.4 Å². The molecule has 120 valence electrons. The summed E-state index contributed by atoms with van der Waals surface area (Å²) in [5.41, 5.74) is -0.0105. The number of rotatable bonds is 3. The van der Waals surface area contributed by atoms with Gasteiger partial charge in [-0.2, -0.15) is 0 Å². The van der Waals surface area contributed by atoms with E-state index in [-0.39, 0.29) is 11.7 Å². The van der Waals surface area contributed by atoms with Crippen molar-refractivity contribution < 1.29 is 14.2 Å². The van der Waals surface area contributed by atoms with Gasteiger partial charge in [-0.1, -0.05) is 0 Å². The summed E-state index contributed by atoms with van der Waals surface area (Å²) in [6, 6.07) is 0.671. The molecule has 3 saturated heterocycles. The number of aromatic nitrogens is 2. The summed E-state index contributed by atoms with van der Waals surface area (Å²) in [4.78, 5) is 10.8. The molecule has 1 spiro atoms. The third-order valence-corrected chi connectivity index (χ3v) is 4.96. The fourth-order valence-corrected chi connectivity index (χ4v) is 3.82. The quantitative estimate of drug-likeness (QED) is 0.838. The van der Waals surface area contributed by atoms with E-state index in [1.54, 1.807) is 18.6 Å². The van der Waals surface area contributed by atoms with Crippen LogP contribution in [0.5, 0.6) is 5.88 Å². The van der Waals surface area contributed by atoms with Gasteiger partial charge in [-0.15, -0.1) is 0 Å². The lowest BCUT2D eigenvalue weighted by atomic mass is 9.83. The van der Waals surface area contributed by atoms with Gasteiger partial charge in [0.25, 0.3) is 0 Å². The van der Waals surface area contributed by atoms with E-state index in [1.807, 2.05) is 0 Å². The monoisotopic (exact) mass is 305 g/mol. The van der Waals surface area contributed by atoms with Crippen molar-refractivity contribution in [3.63, 3.8) is 0 Å². The molecule has 0 bridgehead atoms. The molecule has 3 aliphatic rings. The molecular weight excluding hydrogens is 282 g/mol. The van der Waals surface area contributed by atoms with Gasteiger partial charge in [0, 0.05) is 57.6 Å². The van der Waals surface area contributed by atoms with E-state index >= 15 is 0 Å². The Kier molecular flexibility index (Phi) is 3.98. The van der Waals surface area contributed by atoms with E-state index in [0.29, 0.717) is 11.9 Å². The lowest BCUT2D eigenvalue weighted by molar-refractivity contribution is -0.200. The van der Waals surface area contributed by atoms with E-state index in [1.165, 1.54) is 0 Å². The van der Waals surface area contributed by atoms with E-state index in [2.05, 4.69) is 14.9 Å². The third-order valence-electron chi connectivity index (χ3n) is 4.96. The van der Waals surface area contributed by atoms with Crippen molar-refractivity contribution in [1.29, 1.82) is 0 Å². The first-order valence-electron chi connectivity index (χ1n) is 8.21. The maximum absolute atomic E-state index is 6.10. The molecule has 0 N–H and O–H groups in total. The highest BCUT2D eigenvalue weighted by molar-refractivity contribution is 5.06. The smallest absolute Gasteiger partial charge is 0.232 e. The zero-order valence-electron chi connectivity index (χ0n) is 12.8. The first kappa shape index (κ1) is 14.4. The Morgan fingerprint density at radius 3 is 2.77 bits per heavy atom. The van der Waals surface area contributed by atoms with Crippen LogP contribution in [0.15, 0.2) is 18.6 Å². The summed E-state index contributed by atoms with van der Waals surface area (Å²) in [5.74, 6) is 0.616. The molecule has 1 atom stereocenters. The maximum atomic E-state index is 6.10. The van der Waals surface area contributed by atoms with Crippen molar-refractivity contribution >= 4 is 0 Å². The number of hydrogen-bond donors (Lipinski definition) is 0. The van der Waals surface area contributed by atoms with Crippen molar-refractivity contribution in [1.82, 2.24) is 14.9 Å². The number of likely N-dealkylation sites (tertiary alicyclic amines) is 1. The van der Waals surface area contributed by atoms with Crippen molar-refractivity contribution in [3.8, 4) is 5.88 Å². The highest BCUT2D eigenvalue weighted by Gasteiger charge is 2.50. The van der Waals surface area contributed by atoms with Gasteiger partial charge in [0.1, 0.15) is 6.10 Å². The minimum atomic E-state index is -0.0105. The molecule has 3 fully saturated rings. The molecule has 1 aromatic rings. The van der Waals surface area contributed by atoms with Crippen LogP contribution in [-0.2, 0) is 9.47 Å². The largest absolute Gasteiger partial charge is 0.473 e. The minimum absolute atomic E-state index is 0.0105. The SMILES string of the molecule is c1cnc(O[C@@H]2CCOC3(C2)CN(C2CCOCC2)C3)cn1. The zero-order valence-corrected chi connectivity index (χ0v) is 12.8. The topological polar surface area (TPSA) is 56.7 Å². The molecule has 0 saturated carbocycles. The second-order valence-electron chi connectivity index (χ2n) is 6.56. The van der Waals surface area contributed by atoms with Gasteiger partial charge in [0.05, 0.1) is 18.4 Å². The van der Waals surface area contributed by atoms with Crippen LogP contribution in [0, 0.1) is 0 Å². The Hall–Kier alpha value is -1.24. The maximum Gasteiger partial charge on any atom is 0.232 e. The molecular formula is C16H23N3O3. The summed E-state index contributed by atoms with van der Waals surface area (Å²) >= 11 is 0. The lowest BCUT2D eigenvalue weighted by Crippen LogP contribution is -2.68. The molecule has 1 aromatic heterocycles. The molecule has 22 heavy (non-hydrogen) atoms. The standard InChI is InChI=1S/C16H23N3O3/c1-6-20-7-2-13(1)19-11-16(12-19)9-14(3-8-21-16)22-15-10-17-4-5-18-15/h4-5,10,13-14H,1-3,6-9,11-12H2/t14-/m1/s1. The summed E-state index contributed by atoms with van der Waals surface area (Å²) < 4.78 is 17.5. The fraction of sp³-hybridized carbons (Fsp3) is 0.750. The molecule has 6 nitrogen and oxygen atoms in total. The van der Waals surface area contributed by atoms with Crippen LogP contribution in [0.2, 0.25) is 0 Å². The molecule has 6 heteroatoms. The summed E-state index contributed by atoms with van der Waals surface area (Å²) in [6.07, 6.45) is 9.36. The molecule has 3 aliphatic heterocycles. The van der Waals surface area contributed by atoms with Gasteiger partial charge in [0.2, 0.25) is 5.88 Å². The first-order valence-corrected chi connectivity index (χ1v) is 8.21. The second kappa shape index (κ2) is 6.10. The Bertz CT molecular complexity index is 487. The predicted octanol–water partition coefficient (Wildman–Crippen LogP) is 1.27. The highest BCUT2D eigenvalue weighted by atomic mass is 16.5. The van der Waals surface area contributed by atoms with Crippen LogP contribution < -0.4 is 4.74 Å². The first-order chi connectivity index (χ1) is 10.8. The van der Waals surface area contributed by atoms with Crippen LogP contribution in [0.1, 0.15) is 25.7 Å². The lowest BCUT2D eigenvalue weighted by Gasteiger charge is -2.55. The Morgan fingerprint density at radius 2 is 2.00 bits per heavy atom. The summed E-state index contributed by atoms with van der Waals surface area (Å²) in [5, 5.41) is 0. The average Bonchev–Trinajstić information content (AvgIpc) is 2.54. The van der Waals surface area contributed by atoms with E-state index in [4.69, 9.17) is 14.2 Å². The van der Waals surface area contributed by atoms with Crippen LogP contribution in [0.25, 0.3) is 0 Å². The van der Waals surface area contributed by atoms with Crippen LogP contribution in [0.4, 0.5) is 0 Å². The van der Waals surface area contributed by atoms with Crippen molar-refractivity contribution in [2.24, 2.45) is 0 Å². The molecule has 4 heterocycles. The Morgan fingerprint density at radius 1 is 1.14 bits per heavy atom. The average molecular weight is 305 g/mol. The summed E-state index contributed by atoms with van der Waals surface area (Å²) in [6.45, 7) is 4.61. The van der Waals surface area contributed by atoms with Crippen molar-refractivity contribution in [3.05, 3.63) is 18.6 Å². The second-order valence-corrected chi connectivity index (χ2v) is 6.56. The van der Waals surface area contributed by atoms with Crippen LogP contribution in [-0.4, -0.2) is 65.5 Å². The molecule has 4 rings (SSSR count). The van der Waals surface area contributed by atoms with E-state index in [0.717, 1.165) is 58.6 Å². The van der Waals surface area contributed by atoms with Gasteiger partial charge >= 0.3 is 0 Å². The summed E-state index contributed by atoms with van der Waals surface area (Å²) in [7, 11) is 0. The van der Waals surface area contributed by atoms with Gasteiger partial charge in [-0.25, -0.2) is 4.98 Å². The van der Waals surface area contributed by atoms with Crippen LogP contribution in [0.3, 0.4) is 0 Å². The molecule has 0 radical (unpaired) electrons. The number of ether oxygens (including phenoxy) is 3. The molecule has 0 unspecified atom stereocenters. The minimum Gasteiger partial charge on any atom is -0.473 e. The fourth-order valence-electron chi connectivity index (χ4n) is 3.82. The Labute approximate surface area is 130 Å². The highest BCUT2D eigenvalue weighted by Crippen LogP contribution is 2.37. The van der Waals surface area contributed by atoms with Gasteiger partial charge in [-0.3, -0.25) is 9.88 Å². The van der Waals surface area contributed by atoms with Gasteiger partial charge in [-0.05, 0) is 12.8 Å². The van der Waals surface area contributed by atoms with E-state index < -0.39 is 0 Å². The van der Waals surface area contributed by atoms with Gasteiger partial charge in [0.15, 0.2) is 0 Å². The van der Waals surface area contributed by atoms with E-state index in [9.17, 15) is 0 Å². The Balaban J connectivity index is 1.32. The van der Waals surface area contributed by atoms with Crippen LogP contribution >= 0.6 is 0 Å². The zero-order chi connectivity index (χ0) is 14.8. The van der Waals surface area contributed by atoms with Crippen molar-refractivity contribution in [2.75, 3.05) is 32.9 Å². The predicted molar refractivity (Wildman–Crippen MR) is 79.8 cm³/mol. The number of hydrogen-bond acceptors (Lipinski definition) is 6. The molecule has 0 aliphatic carbocycles. The normalized spacial score (nSPS) is 29.2. The molecule has 0 amide bonds. The van der Waals surface area contributed by atoms with Gasteiger partial charge < -0.3 is 14.2 Å². The molecule has 0 aromatic carbocycles.